The SMILES string of the molecule is CC(O)CNc1nc(Nc2cc(N)cc(Cl)c2)c2nnc(C(C)C)c-2n1C(C)C. The summed E-state index contributed by atoms with van der Waals surface area (Å²) in [5, 5.41) is 25.7. The molecule has 8 nitrogen and oxygen atoms in total. The molecule has 0 fully saturated rings. The van der Waals surface area contributed by atoms with Gasteiger partial charge < -0.3 is 26.0 Å². The van der Waals surface area contributed by atoms with Crippen LogP contribution in [0.15, 0.2) is 18.2 Å². The first kappa shape index (κ1) is 21.1. The molecular formula is C20H28ClN7O. The molecule has 2 aliphatic heterocycles. The summed E-state index contributed by atoms with van der Waals surface area (Å²) in [4.78, 5) is 4.76. The Labute approximate surface area is 175 Å². The Morgan fingerprint density at radius 2 is 1.86 bits per heavy atom. The maximum Gasteiger partial charge on any atom is 0.205 e. The molecule has 3 rings (SSSR count). The van der Waals surface area contributed by atoms with Crippen LogP contribution in [0.3, 0.4) is 0 Å². The van der Waals surface area contributed by atoms with Gasteiger partial charge in [0.25, 0.3) is 0 Å². The molecule has 0 saturated carbocycles. The minimum Gasteiger partial charge on any atom is -0.399 e. The first-order valence-corrected chi connectivity index (χ1v) is 10.1. The van der Waals surface area contributed by atoms with Gasteiger partial charge in [-0.1, -0.05) is 25.4 Å². The van der Waals surface area contributed by atoms with E-state index in [-0.39, 0.29) is 12.0 Å². The molecule has 0 spiro atoms. The second-order valence-electron chi connectivity index (χ2n) is 7.81. The molecule has 1 aromatic carbocycles. The van der Waals surface area contributed by atoms with E-state index in [2.05, 4.69) is 53.1 Å². The number of hydrogen-bond acceptors (Lipinski definition) is 7. The third kappa shape index (κ3) is 4.54. The van der Waals surface area contributed by atoms with Gasteiger partial charge in [-0.25, -0.2) is 0 Å². The molecule has 9 heteroatoms. The van der Waals surface area contributed by atoms with Crippen molar-refractivity contribution in [2.24, 2.45) is 0 Å². The van der Waals surface area contributed by atoms with E-state index in [9.17, 15) is 5.11 Å². The Morgan fingerprint density at radius 3 is 2.45 bits per heavy atom. The summed E-state index contributed by atoms with van der Waals surface area (Å²) in [6.45, 7) is 10.4. The van der Waals surface area contributed by atoms with Gasteiger partial charge in [0, 0.05) is 29.0 Å². The highest BCUT2D eigenvalue weighted by Gasteiger charge is 2.28. The summed E-state index contributed by atoms with van der Waals surface area (Å²) in [7, 11) is 0. The number of nitrogen functional groups attached to an aromatic ring is 1. The van der Waals surface area contributed by atoms with Crippen LogP contribution in [-0.4, -0.2) is 37.5 Å². The predicted molar refractivity (Wildman–Crippen MR) is 118 cm³/mol. The fraction of sp³-hybridized carbons (Fsp3) is 0.450. The maximum atomic E-state index is 9.76. The number of aliphatic hydroxyl groups excluding tert-OH is 1. The minimum absolute atomic E-state index is 0.112. The van der Waals surface area contributed by atoms with E-state index in [1.165, 1.54) is 0 Å². The zero-order valence-corrected chi connectivity index (χ0v) is 18.1. The molecule has 156 valence electrons. The van der Waals surface area contributed by atoms with E-state index >= 15 is 0 Å². The first-order chi connectivity index (χ1) is 13.7. The fourth-order valence-corrected chi connectivity index (χ4v) is 3.44. The summed E-state index contributed by atoms with van der Waals surface area (Å²) >= 11 is 6.15. The van der Waals surface area contributed by atoms with Gasteiger partial charge in [-0.2, -0.15) is 10.1 Å². The topological polar surface area (TPSA) is 114 Å². The van der Waals surface area contributed by atoms with E-state index < -0.39 is 6.10 Å². The number of fused-ring (bicyclic) bond motifs is 1. The van der Waals surface area contributed by atoms with Crippen LogP contribution < -0.4 is 16.4 Å². The van der Waals surface area contributed by atoms with Gasteiger partial charge in [0.2, 0.25) is 5.95 Å². The number of nitrogens with one attached hydrogen (secondary N) is 2. The molecular weight excluding hydrogens is 390 g/mol. The van der Waals surface area contributed by atoms with Crippen LogP contribution in [0.25, 0.3) is 11.4 Å². The van der Waals surface area contributed by atoms with Crippen LogP contribution in [0.1, 0.15) is 52.3 Å². The summed E-state index contributed by atoms with van der Waals surface area (Å²) in [5.74, 6) is 1.36. The number of nitrogens with zero attached hydrogens (tertiary/aromatic N) is 4. The molecule has 0 aromatic heterocycles. The smallest absolute Gasteiger partial charge is 0.205 e. The summed E-state index contributed by atoms with van der Waals surface area (Å²) < 4.78 is 2.07. The van der Waals surface area contributed by atoms with Crippen molar-refractivity contribution in [3.63, 3.8) is 0 Å². The van der Waals surface area contributed by atoms with Crippen LogP contribution in [0, 0.1) is 0 Å². The van der Waals surface area contributed by atoms with Crippen molar-refractivity contribution in [1.29, 1.82) is 0 Å². The van der Waals surface area contributed by atoms with Crippen molar-refractivity contribution >= 4 is 34.7 Å². The number of benzene rings is 1. The lowest BCUT2D eigenvalue weighted by atomic mass is 10.1. The number of aliphatic hydroxyl groups is 1. The molecule has 1 unspecified atom stereocenters. The molecule has 0 radical (unpaired) electrons. The van der Waals surface area contributed by atoms with Crippen LogP contribution in [0.4, 0.5) is 23.1 Å². The normalized spacial score (nSPS) is 12.7. The van der Waals surface area contributed by atoms with Gasteiger partial charge >= 0.3 is 0 Å². The second kappa shape index (κ2) is 8.42. The molecule has 0 bridgehead atoms. The second-order valence-corrected chi connectivity index (χ2v) is 8.25. The lowest BCUT2D eigenvalue weighted by molar-refractivity contribution is 0.208. The fourth-order valence-electron chi connectivity index (χ4n) is 3.20. The highest BCUT2D eigenvalue weighted by Crippen LogP contribution is 2.38. The quantitative estimate of drug-likeness (QED) is 0.425. The average Bonchev–Trinajstić information content (AvgIpc) is 3.03. The van der Waals surface area contributed by atoms with Crippen molar-refractivity contribution in [3.05, 3.63) is 28.9 Å². The Hall–Kier alpha value is -2.58. The van der Waals surface area contributed by atoms with Crippen LogP contribution in [0.2, 0.25) is 5.02 Å². The Morgan fingerprint density at radius 1 is 1.14 bits per heavy atom. The lowest BCUT2D eigenvalue weighted by Gasteiger charge is -2.24. The molecule has 2 aliphatic rings. The zero-order chi connectivity index (χ0) is 21.3. The molecule has 0 amide bonds. The highest BCUT2D eigenvalue weighted by molar-refractivity contribution is 6.31. The molecule has 1 atom stereocenters. The number of anilines is 4. The summed E-state index contributed by atoms with van der Waals surface area (Å²) in [6, 6.07) is 5.35. The van der Waals surface area contributed by atoms with Gasteiger partial charge in [0.1, 0.15) is 0 Å². The first-order valence-electron chi connectivity index (χ1n) is 9.70. The number of aromatic nitrogens is 4. The molecule has 0 saturated heterocycles. The highest BCUT2D eigenvalue weighted by atomic mass is 35.5. The van der Waals surface area contributed by atoms with E-state index in [0.29, 0.717) is 40.4 Å². The third-order valence-corrected chi connectivity index (χ3v) is 4.66. The minimum atomic E-state index is -0.516. The molecule has 5 N–H and O–H groups in total. The number of hydrogen-bond donors (Lipinski definition) is 4. The van der Waals surface area contributed by atoms with E-state index in [1.807, 2.05) is 0 Å². The largest absolute Gasteiger partial charge is 0.399 e. The van der Waals surface area contributed by atoms with Crippen LogP contribution in [-0.2, 0) is 0 Å². The van der Waals surface area contributed by atoms with Crippen molar-refractivity contribution in [1.82, 2.24) is 19.7 Å². The van der Waals surface area contributed by atoms with Gasteiger partial charge in [0.05, 0.1) is 17.5 Å². The van der Waals surface area contributed by atoms with Crippen molar-refractivity contribution in [3.8, 4) is 11.4 Å². The molecule has 29 heavy (non-hydrogen) atoms. The Bertz CT molecular complexity index is 948. The molecule has 0 aliphatic carbocycles. The Balaban J connectivity index is 2.18. The van der Waals surface area contributed by atoms with Crippen LogP contribution in [0.5, 0.6) is 0 Å². The third-order valence-electron chi connectivity index (χ3n) is 4.44. The summed E-state index contributed by atoms with van der Waals surface area (Å²) in [6.07, 6.45) is -0.516. The van der Waals surface area contributed by atoms with E-state index in [0.717, 1.165) is 11.4 Å². The standard InChI is InChI=1S/C20H28ClN7O/c1-10(2)16-18-17(27-26-16)19(24-15-7-13(21)6-14(22)8-15)25-20(23-9-12(5)29)28(18)11(3)4/h6-8,10-12,24,29H,9,22H2,1-5H3,(H,23,25). The average molecular weight is 418 g/mol. The zero-order valence-electron chi connectivity index (χ0n) is 17.4. The predicted octanol–water partition coefficient (Wildman–Crippen LogP) is 4.25. The van der Waals surface area contributed by atoms with E-state index in [1.54, 1.807) is 25.1 Å². The molecule has 1 aromatic rings. The van der Waals surface area contributed by atoms with Crippen molar-refractivity contribution in [2.75, 3.05) is 22.9 Å². The summed E-state index contributed by atoms with van der Waals surface area (Å²) in [5.41, 5.74) is 9.66. The van der Waals surface area contributed by atoms with E-state index in [4.69, 9.17) is 22.3 Å². The molecule has 2 heterocycles. The van der Waals surface area contributed by atoms with Crippen LogP contribution >= 0.6 is 11.6 Å². The maximum absolute atomic E-state index is 9.76. The van der Waals surface area contributed by atoms with Crippen molar-refractivity contribution < 1.29 is 5.11 Å². The van der Waals surface area contributed by atoms with Gasteiger partial charge in [-0.15, -0.1) is 5.10 Å². The van der Waals surface area contributed by atoms with Gasteiger partial charge in [-0.05, 0) is 44.9 Å². The number of halogens is 1. The van der Waals surface area contributed by atoms with Gasteiger partial charge in [0.15, 0.2) is 11.5 Å². The van der Waals surface area contributed by atoms with Crippen molar-refractivity contribution in [2.45, 2.75) is 52.7 Å². The lowest BCUT2D eigenvalue weighted by Crippen LogP contribution is -2.22. The number of nitrogens with two attached hydrogens (primary N) is 1. The monoisotopic (exact) mass is 417 g/mol. The number of rotatable bonds is 7. The van der Waals surface area contributed by atoms with Gasteiger partial charge in [-0.3, -0.25) is 0 Å². The Kier molecular flexibility index (Phi) is 6.14.